The van der Waals surface area contributed by atoms with Crippen LogP contribution in [0.25, 0.3) is 11.6 Å². The molecule has 0 N–H and O–H groups in total. The Kier molecular flexibility index (Phi) is 5.12. The van der Waals surface area contributed by atoms with Crippen LogP contribution in [0.4, 0.5) is 0 Å². The summed E-state index contributed by atoms with van der Waals surface area (Å²) < 4.78 is 22.0. The molecule has 2 aromatic rings. The summed E-state index contributed by atoms with van der Waals surface area (Å²) in [7, 11) is 6.68. The van der Waals surface area contributed by atoms with E-state index in [1.807, 2.05) is 0 Å². The van der Waals surface area contributed by atoms with Gasteiger partial charge in [0.05, 0.1) is 28.4 Å². The molecular formula is C22H26O4. The van der Waals surface area contributed by atoms with Gasteiger partial charge in [0, 0.05) is 0 Å². The Morgan fingerprint density at radius 1 is 0.769 bits per heavy atom. The monoisotopic (exact) mass is 354 g/mol. The Bertz CT molecular complexity index is 852. The van der Waals surface area contributed by atoms with E-state index in [2.05, 4.69) is 44.2 Å². The highest BCUT2D eigenvalue weighted by Crippen LogP contribution is 2.42. The van der Waals surface area contributed by atoms with Gasteiger partial charge in [0.2, 0.25) is 0 Å². The second-order valence-electron chi connectivity index (χ2n) is 6.63. The molecule has 26 heavy (non-hydrogen) atoms. The summed E-state index contributed by atoms with van der Waals surface area (Å²) in [6, 6.07) is 8.31. The Morgan fingerprint density at radius 2 is 1.31 bits per heavy atom. The average Bonchev–Trinajstić information content (AvgIpc) is 2.66. The van der Waals surface area contributed by atoms with E-state index < -0.39 is 0 Å². The fourth-order valence-electron chi connectivity index (χ4n) is 3.64. The number of hydrogen-bond donors (Lipinski definition) is 0. The molecule has 3 rings (SSSR count). The van der Waals surface area contributed by atoms with Crippen molar-refractivity contribution < 1.29 is 18.9 Å². The first-order valence-corrected chi connectivity index (χ1v) is 8.71. The third-order valence-electron chi connectivity index (χ3n) is 5.05. The second kappa shape index (κ2) is 7.32. The molecule has 1 atom stereocenters. The molecule has 0 bridgehead atoms. The van der Waals surface area contributed by atoms with Crippen molar-refractivity contribution in [1.82, 2.24) is 0 Å². The van der Waals surface area contributed by atoms with E-state index in [0.717, 1.165) is 35.0 Å². The lowest BCUT2D eigenvalue weighted by Gasteiger charge is -2.24. The SMILES string of the molecule is COc1cc2c(cc1OC)CC(C)c1cc(OC)c(OC)cc1/C(C)=C\2. The number of hydrogen-bond acceptors (Lipinski definition) is 4. The Labute approximate surface area is 155 Å². The van der Waals surface area contributed by atoms with Gasteiger partial charge in [-0.3, -0.25) is 0 Å². The van der Waals surface area contributed by atoms with Crippen LogP contribution in [0.15, 0.2) is 24.3 Å². The molecule has 4 nitrogen and oxygen atoms in total. The maximum Gasteiger partial charge on any atom is 0.161 e. The molecule has 4 heteroatoms. The minimum absolute atomic E-state index is 0.324. The van der Waals surface area contributed by atoms with E-state index in [1.54, 1.807) is 28.4 Å². The van der Waals surface area contributed by atoms with Crippen molar-refractivity contribution in [1.29, 1.82) is 0 Å². The lowest BCUT2D eigenvalue weighted by molar-refractivity contribution is 0.353. The number of rotatable bonds is 4. The molecule has 0 heterocycles. The minimum atomic E-state index is 0.324. The van der Waals surface area contributed by atoms with Crippen molar-refractivity contribution in [3.63, 3.8) is 0 Å². The largest absolute Gasteiger partial charge is 0.493 e. The highest BCUT2D eigenvalue weighted by atomic mass is 16.5. The van der Waals surface area contributed by atoms with Crippen LogP contribution in [0, 0.1) is 0 Å². The fourth-order valence-corrected chi connectivity index (χ4v) is 3.64. The van der Waals surface area contributed by atoms with E-state index >= 15 is 0 Å². The lowest BCUT2D eigenvalue weighted by Crippen LogP contribution is -2.08. The maximum absolute atomic E-state index is 5.51. The second-order valence-corrected chi connectivity index (χ2v) is 6.63. The van der Waals surface area contributed by atoms with Crippen LogP contribution in [0.1, 0.15) is 42.0 Å². The van der Waals surface area contributed by atoms with Crippen molar-refractivity contribution in [2.45, 2.75) is 26.2 Å². The van der Waals surface area contributed by atoms with Gasteiger partial charge in [0.1, 0.15) is 0 Å². The molecule has 0 saturated heterocycles. The first-order chi connectivity index (χ1) is 12.5. The first kappa shape index (κ1) is 18.2. The molecule has 0 saturated carbocycles. The summed E-state index contributed by atoms with van der Waals surface area (Å²) in [5.74, 6) is 3.34. The molecule has 138 valence electrons. The van der Waals surface area contributed by atoms with Crippen molar-refractivity contribution in [2.75, 3.05) is 28.4 Å². The highest BCUT2D eigenvalue weighted by molar-refractivity contribution is 5.85. The summed E-state index contributed by atoms with van der Waals surface area (Å²) in [4.78, 5) is 0. The third-order valence-corrected chi connectivity index (χ3v) is 5.05. The molecule has 0 aromatic heterocycles. The predicted molar refractivity (Wildman–Crippen MR) is 105 cm³/mol. The van der Waals surface area contributed by atoms with E-state index in [1.165, 1.54) is 22.3 Å². The van der Waals surface area contributed by atoms with Gasteiger partial charge in [-0.25, -0.2) is 0 Å². The van der Waals surface area contributed by atoms with Crippen LogP contribution in [0.5, 0.6) is 23.0 Å². The molecule has 0 amide bonds. The van der Waals surface area contributed by atoms with Crippen molar-refractivity contribution >= 4 is 11.6 Å². The molecular weight excluding hydrogens is 328 g/mol. The van der Waals surface area contributed by atoms with Crippen LogP contribution in [-0.4, -0.2) is 28.4 Å². The first-order valence-electron chi connectivity index (χ1n) is 8.71. The topological polar surface area (TPSA) is 36.9 Å². The van der Waals surface area contributed by atoms with Gasteiger partial charge in [-0.15, -0.1) is 0 Å². The molecule has 1 aliphatic rings. The van der Waals surface area contributed by atoms with E-state index in [0.29, 0.717) is 5.92 Å². The van der Waals surface area contributed by atoms with Crippen molar-refractivity contribution in [3.8, 4) is 23.0 Å². The number of fused-ring (bicyclic) bond motifs is 2. The number of ether oxygens (including phenoxy) is 4. The maximum atomic E-state index is 5.51. The summed E-state index contributed by atoms with van der Waals surface area (Å²) in [5.41, 5.74) is 6.04. The molecule has 2 aromatic carbocycles. The van der Waals surface area contributed by atoms with Crippen LogP contribution >= 0.6 is 0 Å². The summed E-state index contributed by atoms with van der Waals surface area (Å²) in [6.07, 6.45) is 3.11. The van der Waals surface area contributed by atoms with E-state index in [-0.39, 0.29) is 0 Å². The molecule has 0 aliphatic heterocycles. The highest BCUT2D eigenvalue weighted by Gasteiger charge is 2.22. The summed E-state index contributed by atoms with van der Waals surface area (Å²) >= 11 is 0. The minimum Gasteiger partial charge on any atom is -0.493 e. The standard InChI is InChI=1S/C22H26O4/c1-13-7-15-9-19(23-3)20(24-4)10-16(15)8-14(2)18-12-22(26-6)21(25-5)11-17(13)18/h7,9-12,14H,8H2,1-6H3/b13-7-. The van der Waals surface area contributed by atoms with Gasteiger partial charge in [-0.1, -0.05) is 13.0 Å². The molecule has 0 fully saturated rings. The van der Waals surface area contributed by atoms with Crippen LogP contribution in [0.3, 0.4) is 0 Å². The molecule has 1 aliphatic carbocycles. The van der Waals surface area contributed by atoms with Crippen molar-refractivity contribution in [2.24, 2.45) is 0 Å². The molecule has 0 spiro atoms. The average molecular weight is 354 g/mol. The summed E-state index contributed by atoms with van der Waals surface area (Å²) in [5, 5.41) is 0. The Morgan fingerprint density at radius 3 is 1.92 bits per heavy atom. The van der Waals surface area contributed by atoms with Gasteiger partial charge in [0.15, 0.2) is 23.0 Å². The Hall–Kier alpha value is -2.62. The zero-order chi connectivity index (χ0) is 18.8. The zero-order valence-corrected chi connectivity index (χ0v) is 16.3. The predicted octanol–water partition coefficient (Wildman–Crippen LogP) is 4.94. The quantitative estimate of drug-likeness (QED) is 0.779. The van der Waals surface area contributed by atoms with E-state index in [4.69, 9.17) is 18.9 Å². The molecule has 1 unspecified atom stereocenters. The van der Waals surface area contributed by atoms with Gasteiger partial charge in [-0.2, -0.15) is 0 Å². The normalized spacial score (nSPS) is 17.8. The number of allylic oxidation sites excluding steroid dienone is 1. The molecule has 0 radical (unpaired) electrons. The zero-order valence-electron chi connectivity index (χ0n) is 16.3. The van der Waals surface area contributed by atoms with Gasteiger partial charge < -0.3 is 18.9 Å². The van der Waals surface area contributed by atoms with Gasteiger partial charge in [-0.05, 0) is 71.4 Å². The van der Waals surface area contributed by atoms with E-state index in [9.17, 15) is 0 Å². The van der Waals surface area contributed by atoms with Gasteiger partial charge >= 0.3 is 0 Å². The van der Waals surface area contributed by atoms with Crippen LogP contribution < -0.4 is 18.9 Å². The smallest absolute Gasteiger partial charge is 0.161 e. The summed E-state index contributed by atoms with van der Waals surface area (Å²) in [6.45, 7) is 4.37. The number of methoxy groups -OCH3 is 4. The van der Waals surface area contributed by atoms with Crippen LogP contribution in [0.2, 0.25) is 0 Å². The number of benzene rings is 2. The Balaban J connectivity index is 2.22. The lowest BCUT2D eigenvalue weighted by atomic mass is 9.83. The van der Waals surface area contributed by atoms with Crippen molar-refractivity contribution in [3.05, 3.63) is 46.5 Å². The third kappa shape index (κ3) is 3.12. The fraction of sp³-hybridized carbons (Fsp3) is 0.364. The van der Waals surface area contributed by atoms with Crippen LogP contribution in [-0.2, 0) is 6.42 Å². The van der Waals surface area contributed by atoms with Gasteiger partial charge in [0.25, 0.3) is 0 Å².